The van der Waals surface area contributed by atoms with E-state index in [9.17, 15) is 8.42 Å². The predicted molar refractivity (Wildman–Crippen MR) is 128 cm³/mol. The van der Waals surface area contributed by atoms with Crippen molar-refractivity contribution in [1.29, 1.82) is 0 Å². The van der Waals surface area contributed by atoms with E-state index in [1.165, 1.54) is 18.6 Å². The van der Waals surface area contributed by atoms with Gasteiger partial charge < -0.3 is 24.4 Å². The van der Waals surface area contributed by atoms with E-state index in [0.717, 1.165) is 5.56 Å². The lowest BCUT2D eigenvalue weighted by atomic mass is 10.0. The van der Waals surface area contributed by atoms with Gasteiger partial charge in [-0.2, -0.15) is 0 Å². The van der Waals surface area contributed by atoms with Crippen LogP contribution in [0.4, 0.5) is 0 Å². The number of rotatable bonds is 8. The van der Waals surface area contributed by atoms with Crippen LogP contribution in [0.2, 0.25) is 0 Å². The summed E-state index contributed by atoms with van der Waals surface area (Å²) in [6.07, 6.45) is 1.83. The molecule has 178 valence electrons. The maximum Gasteiger partial charge on any atom is 0.260 e. The second-order valence-electron chi connectivity index (χ2n) is 7.40. The van der Waals surface area contributed by atoms with E-state index in [2.05, 4.69) is 5.43 Å². The molecule has 1 unspecified atom stereocenters. The first-order chi connectivity index (χ1) is 16.4. The van der Waals surface area contributed by atoms with Crippen LogP contribution in [0.1, 0.15) is 17.2 Å². The molecular weight excluding hydrogens is 456 g/mol. The molecule has 4 rings (SSSR count). The van der Waals surface area contributed by atoms with Crippen molar-refractivity contribution in [2.24, 2.45) is 0 Å². The summed E-state index contributed by atoms with van der Waals surface area (Å²) in [7, 11) is 2.24. The molecule has 3 aromatic carbocycles. The summed E-state index contributed by atoms with van der Waals surface area (Å²) < 4.78 is 50.4. The van der Waals surface area contributed by atoms with Gasteiger partial charge in [0.05, 0.1) is 45.1 Å². The van der Waals surface area contributed by atoms with Crippen LogP contribution in [-0.2, 0) is 10.0 Å². The van der Waals surface area contributed by atoms with Crippen LogP contribution < -0.4 is 24.4 Å². The van der Waals surface area contributed by atoms with Gasteiger partial charge in [0.15, 0.2) is 23.0 Å². The number of hydrogen-bond donors (Lipinski definition) is 1. The lowest BCUT2D eigenvalue weighted by molar-refractivity contribution is 0.321. The Bertz CT molecular complexity index is 1310. The maximum atomic E-state index is 13.7. The highest BCUT2D eigenvalue weighted by Crippen LogP contribution is 2.43. The van der Waals surface area contributed by atoms with E-state index in [-0.39, 0.29) is 4.90 Å². The number of hydrazine groups is 1. The molecule has 34 heavy (non-hydrogen) atoms. The smallest absolute Gasteiger partial charge is 0.260 e. The third-order valence-corrected chi connectivity index (χ3v) is 7.26. The molecule has 0 saturated heterocycles. The highest BCUT2D eigenvalue weighted by Gasteiger charge is 2.39. The van der Waals surface area contributed by atoms with Crippen molar-refractivity contribution in [2.45, 2.75) is 10.9 Å². The molecule has 9 heteroatoms. The second kappa shape index (κ2) is 9.66. The zero-order valence-corrected chi connectivity index (χ0v) is 20.1. The molecule has 0 saturated carbocycles. The predicted octanol–water partition coefficient (Wildman–Crippen LogP) is 4.01. The number of para-hydroxylation sites is 1. The van der Waals surface area contributed by atoms with Crippen molar-refractivity contribution in [3.05, 3.63) is 83.9 Å². The Hall–Kier alpha value is -3.69. The summed E-state index contributed by atoms with van der Waals surface area (Å²) in [5.74, 6) is 2.06. The van der Waals surface area contributed by atoms with Crippen molar-refractivity contribution in [2.75, 3.05) is 28.4 Å². The van der Waals surface area contributed by atoms with Crippen LogP contribution in [0.3, 0.4) is 0 Å². The number of hydrogen-bond acceptors (Lipinski definition) is 7. The fourth-order valence-electron chi connectivity index (χ4n) is 3.89. The third-order valence-electron chi connectivity index (χ3n) is 5.55. The largest absolute Gasteiger partial charge is 0.493 e. The first kappa shape index (κ1) is 23.5. The molecule has 0 amide bonds. The van der Waals surface area contributed by atoms with Gasteiger partial charge in [0, 0.05) is 11.1 Å². The quantitative estimate of drug-likeness (QED) is 0.519. The molecule has 0 radical (unpaired) electrons. The molecule has 0 spiro atoms. The lowest BCUT2D eigenvalue weighted by Crippen LogP contribution is -2.39. The Labute approximate surface area is 199 Å². The highest BCUT2D eigenvalue weighted by molar-refractivity contribution is 7.89. The zero-order chi connectivity index (χ0) is 24.3. The van der Waals surface area contributed by atoms with Crippen LogP contribution in [0, 0.1) is 0 Å². The van der Waals surface area contributed by atoms with Gasteiger partial charge >= 0.3 is 0 Å². The zero-order valence-electron chi connectivity index (χ0n) is 19.3. The molecule has 1 heterocycles. The molecule has 0 fully saturated rings. The third kappa shape index (κ3) is 4.15. The van der Waals surface area contributed by atoms with Crippen LogP contribution >= 0.6 is 0 Å². The molecular formula is C25H26N2O6S. The number of methoxy groups -OCH3 is 4. The van der Waals surface area contributed by atoms with E-state index in [0.29, 0.717) is 34.3 Å². The summed E-state index contributed by atoms with van der Waals surface area (Å²) in [5, 5.41) is 0. The molecule has 1 N–H and O–H groups in total. The van der Waals surface area contributed by atoms with Crippen LogP contribution in [0.5, 0.6) is 23.0 Å². The average molecular weight is 483 g/mol. The number of sulfonamides is 1. The van der Waals surface area contributed by atoms with E-state index in [1.807, 2.05) is 18.2 Å². The number of benzene rings is 3. The second-order valence-corrected chi connectivity index (χ2v) is 9.22. The Morgan fingerprint density at radius 3 is 2.12 bits per heavy atom. The van der Waals surface area contributed by atoms with Crippen molar-refractivity contribution in [1.82, 2.24) is 9.84 Å². The fourth-order valence-corrected chi connectivity index (χ4v) is 5.31. The van der Waals surface area contributed by atoms with Crippen molar-refractivity contribution < 1.29 is 27.4 Å². The number of nitrogens with one attached hydrogen (secondary N) is 1. The van der Waals surface area contributed by atoms with Gasteiger partial charge in [-0.3, -0.25) is 0 Å². The van der Waals surface area contributed by atoms with Crippen LogP contribution in [0.15, 0.2) is 77.7 Å². The first-order valence-corrected chi connectivity index (χ1v) is 11.9. The average Bonchev–Trinajstić information content (AvgIpc) is 3.34. The van der Waals surface area contributed by atoms with Gasteiger partial charge in [-0.15, -0.1) is 4.41 Å². The summed E-state index contributed by atoms with van der Waals surface area (Å²) in [4.78, 5) is 0.163. The summed E-state index contributed by atoms with van der Waals surface area (Å²) >= 11 is 0. The van der Waals surface area contributed by atoms with Gasteiger partial charge in [-0.25, -0.2) is 8.42 Å². The van der Waals surface area contributed by atoms with E-state index < -0.39 is 16.1 Å². The summed E-state index contributed by atoms with van der Waals surface area (Å²) in [5.41, 5.74) is 5.04. The van der Waals surface area contributed by atoms with Gasteiger partial charge in [0.1, 0.15) is 0 Å². The topological polar surface area (TPSA) is 86.3 Å². The van der Waals surface area contributed by atoms with Gasteiger partial charge in [-0.05, 0) is 42.5 Å². The molecule has 0 aromatic heterocycles. The van der Waals surface area contributed by atoms with E-state index in [1.54, 1.807) is 68.8 Å². The van der Waals surface area contributed by atoms with E-state index >= 15 is 0 Å². The standard InChI is InChI=1S/C25H26N2O6S/c1-30-22-14-13-17(15-24(22)32-3)20-16-21(19-11-8-12-23(31-2)25(19)33-4)27(26-20)34(28,29)18-9-6-5-7-10-18/h5-16,21,26H,1-4H3. The SMILES string of the molecule is COc1ccc(C2=CC(c3cccc(OC)c3OC)N(S(=O)(=O)c3ccccc3)N2)cc1OC. The number of ether oxygens (including phenoxy) is 4. The lowest BCUT2D eigenvalue weighted by Gasteiger charge is -2.26. The van der Waals surface area contributed by atoms with Gasteiger partial charge in [0.25, 0.3) is 10.0 Å². The fraction of sp³-hybridized carbons (Fsp3) is 0.200. The van der Waals surface area contributed by atoms with Gasteiger partial charge in [0.2, 0.25) is 0 Å². The monoisotopic (exact) mass is 482 g/mol. The molecule has 1 aliphatic heterocycles. The minimum atomic E-state index is -3.93. The first-order valence-electron chi connectivity index (χ1n) is 10.5. The minimum absolute atomic E-state index is 0.163. The van der Waals surface area contributed by atoms with Crippen molar-refractivity contribution >= 4 is 15.7 Å². The highest BCUT2D eigenvalue weighted by atomic mass is 32.2. The molecule has 8 nitrogen and oxygen atoms in total. The minimum Gasteiger partial charge on any atom is -0.493 e. The summed E-state index contributed by atoms with van der Waals surface area (Å²) in [6, 6.07) is 18.3. The molecule has 0 bridgehead atoms. The maximum absolute atomic E-state index is 13.7. The van der Waals surface area contributed by atoms with Gasteiger partial charge in [-0.1, -0.05) is 30.3 Å². The number of nitrogens with zero attached hydrogens (tertiary/aromatic N) is 1. The van der Waals surface area contributed by atoms with Crippen LogP contribution in [-0.4, -0.2) is 41.3 Å². The molecule has 1 aliphatic rings. The normalized spacial score (nSPS) is 15.9. The molecule has 0 aliphatic carbocycles. The Morgan fingerprint density at radius 2 is 1.47 bits per heavy atom. The summed E-state index contributed by atoms with van der Waals surface area (Å²) in [6.45, 7) is 0. The molecule has 1 atom stereocenters. The molecule has 3 aromatic rings. The Kier molecular flexibility index (Phi) is 6.67. The van der Waals surface area contributed by atoms with Crippen molar-refractivity contribution in [3.63, 3.8) is 0 Å². The van der Waals surface area contributed by atoms with Crippen molar-refractivity contribution in [3.8, 4) is 23.0 Å². The Balaban J connectivity index is 1.86. The van der Waals surface area contributed by atoms with E-state index in [4.69, 9.17) is 18.9 Å². The Morgan fingerprint density at radius 1 is 0.765 bits per heavy atom. The van der Waals surface area contributed by atoms with Crippen LogP contribution in [0.25, 0.3) is 5.70 Å².